The molecule has 1 aromatic heterocycles. The van der Waals surface area contributed by atoms with Crippen LogP contribution in [0.15, 0.2) is 35.0 Å². The highest BCUT2D eigenvalue weighted by molar-refractivity contribution is 5.94. The average Bonchev–Trinajstić information content (AvgIpc) is 2.99. The fourth-order valence-electron chi connectivity index (χ4n) is 2.85. The molecule has 1 N–H and O–H groups in total. The van der Waals surface area contributed by atoms with Crippen LogP contribution in [-0.4, -0.2) is 28.6 Å². The maximum absolute atomic E-state index is 13.2. The predicted molar refractivity (Wildman–Crippen MR) is 79.5 cm³/mol. The summed E-state index contributed by atoms with van der Waals surface area (Å²) in [4.78, 5) is 14.5. The van der Waals surface area contributed by atoms with Crippen molar-refractivity contribution in [2.45, 2.75) is 31.8 Å². The third-order valence-electron chi connectivity index (χ3n) is 3.90. The molecule has 0 saturated carbocycles. The van der Waals surface area contributed by atoms with Gasteiger partial charge in [-0.25, -0.2) is 8.78 Å². The summed E-state index contributed by atoms with van der Waals surface area (Å²) in [5.74, 6) is -1.03. The second kappa shape index (κ2) is 6.87. The van der Waals surface area contributed by atoms with Crippen molar-refractivity contribution in [2.24, 2.45) is 0 Å². The van der Waals surface area contributed by atoms with Gasteiger partial charge in [0.2, 0.25) is 5.91 Å². The lowest BCUT2D eigenvalue weighted by molar-refractivity contribution is -0.122. The van der Waals surface area contributed by atoms with E-state index in [0.29, 0.717) is 18.7 Å². The van der Waals surface area contributed by atoms with Crippen LogP contribution in [0.4, 0.5) is 14.5 Å². The fraction of sp³-hybridized carbons (Fsp3) is 0.375. The Morgan fingerprint density at radius 3 is 2.78 bits per heavy atom. The summed E-state index contributed by atoms with van der Waals surface area (Å²) < 4.78 is 31.5. The number of carbonyl (C=O) groups excluding carboxylic acids is 1. The SMILES string of the molecule is O=C(Nc1cc(F)cc(F)c1)[C@@H]1CCCCN1Cc1ccno1. The monoisotopic (exact) mass is 321 g/mol. The Kier molecular flexibility index (Phi) is 4.66. The molecule has 1 fully saturated rings. The van der Waals surface area contributed by atoms with E-state index in [2.05, 4.69) is 10.5 Å². The van der Waals surface area contributed by atoms with E-state index >= 15 is 0 Å². The van der Waals surface area contributed by atoms with Crippen molar-refractivity contribution in [3.63, 3.8) is 0 Å². The molecule has 7 heteroatoms. The third-order valence-corrected chi connectivity index (χ3v) is 3.90. The number of nitrogens with zero attached hydrogens (tertiary/aromatic N) is 2. The highest BCUT2D eigenvalue weighted by Gasteiger charge is 2.29. The van der Waals surface area contributed by atoms with Crippen LogP contribution < -0.4 is 5.32 Å². The number of hydrogen-bond acceptors (Lipinski definition) is 4. The molecule has 1 atom stereocenters. The number of nitrogens with one attached hydrogen (secondary N) is 1. The van der Waals surface area contributed by atoms with E-state index in [4.69, 9.17) is 4.52 Å². The van der Waals surface area contributed by atoms with Gasteiger partial charge in [0.25, 0.3) is 0 Å². The zero-order chi connectivity index (χ0) is 16.2. The van der Waals surface area contributed by atoms with Crippen molar-refractivity contribution in [1.29, 1.82) is 0 Å². The van der Waals surface area contributed by atoms with E-state index in [1.54, 1.807) is 12.3 Å². The van der Waals surface area contributed by atoms with Crippen molar-refractivity contribution in [2.75, 3.05) is 11.9 Å². The molecule has 0 bridgehead atoms. The Labute approximate surface area is 132 Å². The molecule has 0 unspecified atom stereocenters. The van der Waals surface area contributed by atoms with E-state index in [1.807, 2.05) is 4.90 Å². The van der Waals surface area contributed by atoms with Gasteiger partial charge in [0.05, 0.1) is 18.8 Å². The first-order valence-corrected chi connectivity index (χ1v) is 7.52. The Balaban J connectivity index is 1.70. The molecule has 0 aliphatic carbocycles. The number of likely N-dealkylation sites (tertiary alicyclic amines) is 1. The first kappa shape index (κ1) is 15.6. The second-order valence-corrected chi connectivity index (χ2v) is 5.61. The Bertz CT molecular complexity index is 656. The molecular weight excluding hydrogens is 304 g/mol. The summed E-state index contributed by atoms with van der Waals surface area (Å²) in [5.41, 5.74) is 0.123. The fourth-order valence-corrected chi connectivity index (χ4v) is 2.85. The molecule has 122 valence electrons. The lowest BCUT2D eigenvalue weighted by Gasteiger charge is -2.33. The Morgan fingerprint density at radius 2 is 2.09 bits per heavy atom. The Hall–Kier alpha value is -2.28. The largest absolute Gasteiger partial charge is 0.360 e. The van der Waals surface area contributed by atoms with E-state index in [-0.39, 0.29) is 17.6 Å². The third kappa shape index (κ3) is 3.92. The molecular formula is C16H17F2N3O2. The smallest absolute Gasteiger partial charge is 0.241 e. The molecule has 1 amide bonds. The number of piperidine rings is 1. The van der Waals surface area contributed by atoms with E-state index in [1.165, 1.54) is 0 Å². The van der Waals surface area contributed by atoms with Gasteiger partial charge in [0, 0.05) is 17.8 Å². The first-order valence-electron chi connectivity index (χ1n) is 7.52. The number of anilines is 1. The quantitative estimate of drug-likeness (QED) is 0.940. The van der Waals surface area contributed by atoms with E-state index < -0.39 is 11.6 Å². The van der Waals surface area contributed by atoms with Gasteiger partial charge in [0.15, 0.2) is 5.76 Å². The summed E-state index contributed by atoms with van der Waals surface area (Å²) in [6.45, 7) is 1.24. The summed E-state index contributed by atoms with van der Waals surface area (Å²) in [5, 5.41) is 6.26. The number of benzene rings is 1. The lowest BCUT2D eigenvalue weighted by Crippen LogP contribution is -2.46. The standard InChI is InChI=1S/C16H17F2N3O2/c17-11-7-12(18)9-13(8-11)20-16(22)15-3-1-2-6-21(15)10-14-4-5-19-23-14/h4-5,7-9,15H,1-3,6,10H2,(H,20,22)/t15-/m0/s1. The summed E-state index contributed by atoms with van der Waals surface area (Å²) in [7, 11) is 0. The number of aromatic nitrogens is 1. The molecule has 0 radical (unpaired) electrons. The number of halogens is 2. The van der Waals surface area contributed by atoms with Gasteiger partial charge in [-0.3, -0.25) is 9.69 Å². The number of amides is 1. The van der Waals surface area contributed by atoms with Crippen molar-refractivity contribution >= 4 is 11.6 Å². The van der Waals surface area contributed by atoms with Gasteiger partial charge in [-0.05, 0) is 31.5 Å². The molecule has 0 spiro atoms. The molecule has 1 aliphatic rings. The number of hydrogen-bond donors (Lipinski definition) is 1. The normalized spacial score (nSPS) is 18.8. The van der Waals surface area contributed by atoms with Gasteiger partial charge in [-0.1, -0.05) is 11.6 Å². The van der Waals surface area contributed by atoms with Crippen molar-refractivity contribution in [3.8, 4) is 0 Å². The zero-order valence-electron chi connectivity index (χ0n) is 12.5. The number of rotatable bonds is 4. The van der Waals surface area contributed by atoms with Crippen LogP contribution in [0.25, 0.3) is 0 Å². The first-order chi connectivity index (χ1) is 11.1. The van der Waals surface area contributed by atoms with Gasteiger partial charge in [0.1, 0.15) is 11.6 Å². The minimum atomic E-state index is -0.720. The van der Waals surface area contributed by atoms with Crippen LogP contribution in [0.2, 0.25) is 0 Å². The van der Waals surface area contributed by atoms with Crippen LogP contribution in [0.5, 0.6) is 0 Å². The summed E-state index contributed by atoms with van der Waals surface area (Å²) in [6.07, 6.45) is 4.18. The Morgan fingerprint density at radius 1 is 1.30 bits per heavy atom. The molecule has 2 heterocycles. The molecule has 1 saturated heterocycles. The maximum Gasteiger partial charge on any atom is 0.241 e. The number of carbonyl (C=O) groups is 1. The van der Waals surface area contributed by atoms with E-state index in [9.17, 15) is 13.6 Å². The van der Waals surface area contributed by atoms with Gasteiger partial charge < -0.3 is 9.84 Å². The van der Waals surface area contributed by atoms with Gasteiger partial charge in [-0.15, -0.1) is 0 Å². The topological polar surface area (TPSA) is 58.4 Å². The highest BCUT2D eigenvalue weighted by Crippen LogP contribution is 2.22. The zero-order valence-corrected chi connectivity index (χ0v) is 12.5. The maximum atomic E-state index is 13.2. The van der Waals surface area contributed by atoms with Gasteiger partial charge in [-0.2, -0.15) is 0 Å². The van der Waals surface area contributed by atoms with Gasteiger partial charge >= 0.3 is 0 Å². The molecule has 1 aromatic carbocycles. The van der Waals surface area contributed by atoms with Crippen LogP contribution >= 0.6 is 0 Å². The highest BCUT2D eigenvalue weighted by atomic mass is 19.1. The van der Waals surface area contributed by atoms with Crippen LogP contribution in [0.1, 0.15) is 25.0 Å². The van der Waals surface area contributed by atoms with Crippen LogP contribution in [0, 0.1) is 11.6 Å². The molecule has 3 rings (SSSR count). The van der Waals surface area contributed by atoms with Crippen LogP contribution in [0.3, 0.4) is 0 Å². The average molecular weight is 321 g/mol. The summed E-state index contributed by atoms with van der Waals surface area (Å²) in [6, 6.07) is 4.37. The summed E-state index contributed by atoms with van der Waals surface area (Å²) >= 11 is 0. The van der Waals surface area contributed by atoms with Crippen LogP contribution in [-0.2, 0) is 11.3 Å². The lowest BCUT2D eigenvalue weighted by atomic mass is 10.0. The predicted octanol–water partition coefficient (Wildman–Crippen LogP) is 2.95. The minimum Gasteiger partial charge on any atom is -0.360 e. The molecule has 1 aliphatic heterocycles. The minimum absolute atomic E-state index is 0.123. The van der Waals surface area contributed by atoms with Crippen molar-refractivity contribution < 1.29 is 18.1 Å². The molecule has 2 aromatic rings. The molecule has 5 nitrogen and oxygen atoms in total. The van der Waals surface area contributed by atoms with Crippen molar-refractivity contribution in [3.05, 3.63) is 47.9 Å². The van der Waals surface area contributed by atoms with E-state index in [0.717, 1.165) is 37.6 Å². The molecule has 23 heavy (non-hydrogen) atoms. The second-order valence-electron chi connectivity index (χ2n) is 5.61. The van der Waals surface area contributed by atoms with Crippen molar-refractivity contribution in [1.82, 2.24) is 10.1 Å².